The maximum absolute atomic E-state index is 15.0. The lowest BCUT2D eigenvalue weighted by molar-refractivity contribution is -0.131. The highest BCUT2D eigenvalue weighted by molar-refractivity contribution is 5.92. The number of piperazine rings is 1. The molecule has 2 heterocycles. The standard InChI is InChI=1S/C23H32FN5O3/c1-31-17-14-16-20(19(24)21(17)32-2)26-23(27-22(16)25)29-12-10-28(11-13-29)18(30)9-8-15-6-4-3-5-7-15/h14-15H,3-13H2,1-2H3,(H2,25,26,27). The number of nitrogens with two attached hydrogens (primary N) is 1. The molecule has 1 aliphatic carbocycles. The number of fused-ring (bicyclic) bond motifs is 1. The minimum absolute atomic E-state index is 0.0163. The van der Waals surface area contributed by atoms with Gasteiger partial charge in [0.15, 0.2) is 17.3 Å². The lowest BCUT2D eigenvalue weighted by Crippen LogP contribution is -2.49. The molecule has 0 spiro atoms. The first-order valence-electron chi connectivity index (χ1n) is 11.4. The fraction of sp³-hybridized carbons (Fsp3) is 0.609. The van der Waals surface area contributed by atoms with E-state index in [9.17, 15) is 4.79 Å². The number of methoxy groups -OCH3 is 2. The molecule has 0 bridgehead atoms. The molecule has 0 atom stereocenters. The number of ether oxygens (including phenoxy) is 2. The fourth-order valence-electron chi connectivity index (χ4n) is 4.80. The molecule has 0 radical (unpaired) electrons. The number of hydrogen-bond donors (Lipinski definition) is 1. The Bertz CT molecular complexity index is 972. The van der Waals surface area contributed by atoms with E-state index >= 15 is 4.39 Å². The molecule has 1 aromatic heterocycles. The van der Waals surface area contributed by atoms with Crippen LogP contribution in [0.3, 0.4) is 0 Å². The Balaban J connectivity index is 1.43. The summed E-state index contributed by atoms with van der Waals surface area (Å²) in [5.41, 5.74) is 6.22. The van der Waals surface area contributed by atoms with Crippen LogP contribution in [0.4, 0.5) is 16.2 Å². The summed E-state index contributed by atoms with van der Waals surface area (Å²) in [5, 5.41) is 0.375. The van der Waals surface area contributed by atoms with Crippen molar-refractivity contribution >= 4 is 28.6 Å². The summed E-state index contributed by atoms with van der Waals surface area (Å²) in [6.45, 7) is 2.35. The van der Waals surface area contributed by atoms with Crippen LogP contribution in [0.15, 0.2) is 6.07 Å². The average molecular weight is 446 g/mol. The van der Waals surface area contributed by atoms with Gasteiger partial charge in [-0.15, -0.1) is 0 Å². The van der Waals surface area contributed by atoms with Crippen LogP contribution in [-0.2, 0) is 4.79 Å². The van der Waals surface area contributed by atoms with Gasteiger partial charge in [0.1, 0.15) is 11.3 Å². The van der Waals surface area contributed by atoms with Gasteiger partial charge in [0.05, 0.1) is 14.2 Å². The quantitative estimate of drug-likeness (QED) is 0.728. The SMILES string of the molecule is COc1cc2c(N)nc(N3CCN(C(=O)CCC4CCCCC4)CC3)nc2c(F)c1OC. The highest BCUT2D eigenvalue weighted by Gasteiger charge is 2.26. The topological polar surface area (TPSA) is 93.8 Å². The molecule has 4 rings (SSSR count). The lowest BCUT2D eigenvalue weighted by Gasteiger charge is -2.35. The molecule has 1 saturated carbocycles. The largest absolute Gasteiger partial charge is 0.493 e. The second kappa shape index (κ2) is 9.75. The van der Waals surface area contributed by atoms with Crippen molar-refractivity contribution in [1.82, 2.24) is 14.9 Å². The number of benzene rings is 1. The third-order valence-electron chi connectivity index (χ3n) is 6.70. The van der Waals surface area contributed by atoms with E-state index in [4.69, 9.17) is 15.2 Å². The zero-order valence-corrected chi connectivity index (χ0v) is 18.9. The average Bonchev–Trinajstić information content (AvgIpc) is 2.83. The van der Waals surface area contributed by atoms with Crippen LogP contribution >= 0.6 is 0 Å². The number of carbonyl (C=O) groups excluding carboxylic acids is 1. The van der Waals surface area contributed by atoms with Crippen LogP contribution in [0, 0.1) is 11.7 Å². The smallest absolute Gasteiger partial charge is 0.228 e. The van der Waals surface area contributed by atoms with Crippen molar-refractivity contribution in [3.05, 3.63) is 11.9 Å². The number of rotatable bonds is 6. The Morgan fingerprint density at radius 3 is 2.50 bits per heavy atom. The Hall–Kier alpha value is -2.84. The molecule has 9 heteroatoms. The van der Waals surface area contributed by atoms with Gasteiger partial charge in [0.25, 0.3) is 0 Å². The van der Waals surface area contributed by atoms with Crippen LogP contribution in [0.25, 0.3) is 10.9 Å². The summed E-state index contributed by atoms with van der Waals surface area (Å²) in [6, 6.07) is 1.58. The highest BCUT2D eigenvalue weighted by Crippen LogP contribution is 2.37. The van der Waals surface area contributed by atoms with Gasteiger partial charge in [-0.3, -0.25) is 4.79 Å². The first kappa shape index (κ1) is 22.4. The molecule has 2 N–H and O–H groups in total. The van der Waals surface area contributed by atoms with Gasteiger partial charge >= 0.3 is 0 Å². The number of anilines is 2. The van der Waals surface area contributed by atoms with Crippen molar-refractivity contribution in [2.75, 3.05) is 51.0 Å². The number of carbonyl (C=O) groups is 1. The Kier molecular flexibility index (Phi) is 6.81. The van der Waals surface area contributed by atoms with Gasteiger partial charge < -0.3 is 25.0 Å². The van der Waals surface area contributed by atoms with Crippen molar-refractivity contribution in [2.24, 2.45) is 5.92 Å². The van der Waals surface area contributed by atoms with Gasteiger partial charge in [0.2, 0.25) is 11.9 Å². The normalized spacial score (nSPS) is 17.6. The molecule has 1 aliphatic heterocycles. The molecule has 174 valence electrons. The van der Waals surface area contributed by atoms with E-state index in [0.717, 1.165) is 6.42 Å². The summed E-state index contributed by atoms with van der Waals surface area (Å²) in [5.74, 6) is 1.05. The summed E-state index contributed by atoms with van der Waals surface area (Å²) >= 11 is 0. The molecule has 0 unspecified atom stereocenters. The van der Waals surface area contributed by atoms with Crippen LogP contribution in [0.5, 0.6) is 11.5 Å². The molecule has 1 aromatic carbocycles. The van der Waals surface area contributed by atoms with E-state index in [-0.39, 0.29) is 28.7 Å². The van der Waals surface area contributed by atoms with Crippen molar-refractivity contribution in [3.63, 3.8) is 0 Å². The maximum atomic E-state index is 15.0. The number of hydrogen-bond acceptors (Lipinski definition) is 7. The van der Waals surface area contributed by atoms with E-state index in [2.05, 4.69) is 9.97 Å². The van der Waals surface area contributed by atoms with E-state index in [1.165, 1.54) is 46.3 Å². The number of nitrogen functional groups attached to an aromatic ring is 1. The van der Waals surface area contributed by atoms with Crippen LogP contribution in [0.2, 0.25) is 0 Å². The Labute approximate surface area is 187 Å². The maximum Gasteiger partial charge on any atom is 0.228 e. The fourth-order valence-corrected chi connectivity index (χ4v) is 4.80. The van der Waals surface area contributed by atoms with Crippen molar-refractivity contribution in [2.45, 2.75) is 44.9 Å². The highest BCUT2D eigenvalue weighted by atomic mass is 19.1. The minimum Gasteiger partial charge on any atom is -0.493 e. The van der Waals surface area contributed by atoms with E-state index < -0.39 is 5.82 Å². The summed E-state index contributed by atoms with van der Waals surface area (Å²) in [7, 11) is 2.81. The third-order valence-corrected chi connectivity index (χ3v) is 6.70. The van der Waals surface area contributed by atoms with Crippen LogP contribution in [-0.4, -0.2) is 61.2 Å². The predicted octanol–water partition coefficient (Wildman–Crippen LogP) is 3.38. The predicted molar refractivity (Wildman–Crippen MR) is 122 cm³/mol. The first-order valence-corrected chi connectivity index (χ1v) is 11.4. The Morgan fingerprint density at radius 2 is 1.84 bits per heavy atom. The zero-order chi connectivity index (χ0) is 22.7. The molecule has 1 saturated heterocycles. The molecule has 2 aliphatic rings. The van der Waals surface area contributed by atoms with Gasteiger partial charge in [0, 0.05) is 38.0 Å². The molecular formula is C23H32FN5O3. The second-order valence-corrected chi connectivity index (χ2v) is 8.64. The van der Waals surface area contributed by atoms with E-state index in [1.54, 1.807) is 6.07 Å². The van der Waals surface area contributed by atoms with Crippen molar-refractivity contribution in [1.29, 1.82) is 0 Å². The summed E-state index contributed by atoms with van der Waals surface area (Å²) in [4.78, 5) is 25.3. The van der Waals surface area contributed by atoms with Gasteiger partial charge in [-0.05, 0) is 18.4 Å². The van der Waals surface area contributed by atoms with Crippen LogP contribution in [0.1, 0.15) is 44.9 Å². The van der Waals surface area contributed by atoms with Crippen LogP contribution < -0.4 is 20.1 Å². The summed E-state index contributed by atoms with van der Waals surface area (Å²) in [6.07, 6.45) is 8.06. The lowest BCUT2D eigenvalue weighted by atomic mass is 9.86. The molecule has 1 amide bonds. The number of amides is 1. The van der Waals surface area contributed by atoms with Gasteiger partial charge in [-0.25, -0.2) is 9.37 Å². The number of nitrogens with zero attached hydrogens (tertiary/aromatic N) is 4. The monoisotopic (exact) mass is 445 g/mol. The molecule has 32 heavy (non-hydrogen) atoms. The summed E-state index contributed by atoms with van der Waals surface area (Å²) < 4.78 is 25.4. The molecular weight excluding hydrogens is 413 g/mol. The molecule has 2 fully saturated rings. The zero-order valence-electron chi connectivity index (χ0n) is 18.9. The van der Waals surface area contributed by atoms with Crippen molar-refractivity contribution < 1.29 is 18.7 Å². The first-order chi connectivity index (χ1) is 15.5. The Morgan fingerprint density at radius 1 is 1.12 bits per heavy atom. The molecule has 2 aromatic rings. The van der Waals surface area contributed by atoms with E-state index in [0.29, 0.717) is 49.9 Å². The third kappa shape index (κ3) is 4.52. The number of aromatic nitrogens is 2. The van der Waals surface area contributed by atoms with Gasteiger partial charge in [-0.2, -0.15) is 4.98 Å². The number of halogens is 1. The second-order valence-electron chi connectivity index (χ2n) is 8.64. The minimum atomic E-state index is -0.631. The van der Waals surface area contributed by atoms with Gasteiger partial charge in [-0.1, -0.05) is 32.1 Å². The van der Waals surface area contributed by atoms with E-state index in [1.807, 2.05) is 9.80 Å². The molecule has 8 nitrogen and oxygen atoms in total. The van der Waals surface area contributed by atoms with Crippen molar-refractivity contribution in [3.8, 4) is 11.5 Å².